The maximum Gasteiger partial charge on any atom is 0.308 e. The third-order valence-electron chi connectivity index (χ3n) is 5.99. The number of hydrogen-bond donors (Lipinski definition) is 0. The molecule has 0 unspecified atom stereocenters. The molecule has 0 saturated carbocycles. The molecule has 1 aliphatic rings. The van der Waals surface area contributed by atoms with Crippen molar-refractivity contribution in [3.05, 3.63) is 125 Å². The predicted molar refractivity (Wildman–Crippen MR) is 120 cm³/mol. The third kappa shape index (κ3) is 2.68. The predicted octanol–water partition coefficient (Wildman–Crippen LogP) is 6.28. The van der Waals surface area contributed by atoms with Crippen LogP contribution in [0.1, 0.15) is 34.7 Å². The molecule has 0 aromatic heterocycles. The van der Waals surface area contributed by atoms with Gasteiger partial charge in [-0.2, -0.15) is 0 Å². The van der Waals surface area contributed by atoms with Gasteiger partial charge < -0.3 is 4.74 Å². The number of carbonyl (C=O) groups excluding carboxylic acids is 1. The van der Waals surface area contributed by atoms with Gasteiger partial charge in [0.25, 0.3) is 0 Å². The summed E-state index contributed by atoms with van der Waals surface area (Å²) in [7, 11) is 0. The minimum Gasteiger partial charge on any atom is -0.427 e. The zero-order valence-corrected chi connectivity index (χ0v) is 17.1. The lowest BCUT2D eigenvalue weighted by Gasteiger charge is -2.34. The highest BCUT2D eigenvalue weighted by molar-refractivity contribution is 5.86. The number of aryl methyl sites for hydroxylation is 1. The fourth-order valence-electron chi connectivity index (χ4n) is 4.77. The highest BCUT2D eigenvalue weighted by atomic mass is 16.5. The van der Waals surface area contributed by atoms with Crippen molar-refractivity contribution in [2.45, 2.75) is 19.3 Å². The van der Waals surface area contributed by atoms with Gasteiger partial charge in [-0.15, -0.1) is 0 Å². The standard InChI is InChI=1S/C28H22O2/c1-19-11-13-21(14-12-19)28(22-15-17-23(18-16-22)30-20(2)29)26-9-5-3-7-24(26)25-8-4-6-10-27(25)28/h3-18H,1-2H3. The summed E-state index contributed by atoms with van der Waals surface area (Å²) >= 11 is 0. The second kappa shape index (κ2) is 7.00. The summed E-state index contributed by atoms with van der Waals surface area (Å²) < 4.78 is 5.29. The van der Waals surface area contributed by atoms with Crippen LogP contribution in [0.3, 0.4) is 0 Å². The van der Waals surface area contributed by atoms with Gasteiger partial charge in [-0.3, -0.25) is 4.79 Å². The van der Waals surface area contributed by atoms with Crippen LogP contribution in [0.5, 0.6) is 5.75 Å². The number of benzene rings is 4. The maximum atomic E-state index is 11.4. The first-order valence-electron chi connectivity index (χ1n) is 10.2. The quantitative estimate of drug-likeness (QED) is 0.268. The smallest absolute Gasteiger partial charge is 0.308 e. The van der Waals surface area contributed by atoms with E-state index >= 15 is 0 Å². The van der Waals surface area contributed by atoms with Crippen LogP contribution >= 0.6 is 0 Å². The van der Waals surface area contributed by atoms with Crippen molar-refractivity contribution in [3.8, 4) is 16.9 Å². The third-order valence-corrected chi connectivity index (χ3v) is 5.99. The van der Waals surface area contributed by atoms with Crippen molar-refractivity contribution in [3.63, 3.8) is 0 Å². The molecule has 0 bridgehead atoms. The topological polar surface area (TPSA) is 26.3 Å². The van der Waals surface area contributed by atoms with Gasteiger partial charge in [-0.05, 0) is 52.4 Å². The molecule has 2 nitrogen and oxygen atoms in total. The van der Waals surface area contributed by atoms with Gasteiger partial charge in [0, 0.05) is 6.92 Å². The normalized spacial score (nSPS) is 13.4. The van der Waals surface area contributed by atoms with Crippen LogP contribution in [-0.2, 0) is 10.2 Å². The summed E-state index contributed by atoms with van der Waals surface area (Å²) in [4.78, 5) is 11.4. The van der Waals surface area contributed by atoms with E-state index in [0.717, 1.165) is 5.56 Å². The van der Waals surface area contributed by atoms with E-state index in [1.54, 1.807) is 0 Å². The molecule has 4 aromatic rings. The van der Waals surface area contributed by atoms with E-state index in [4.69, 9.17) is 4.74 Å². The zero-order chi connectivity index (χ0) is 20.7. The molecule has 0 saturated heterocycles. The van der Waals surface area contributed by atoms with E-state index in [1.807, 2.05) is 12.1 Å². The summed E-state index contributed by atoms with van der Waals surface area (Å²) in [6.45, 7) is 3.53. The van der Waals surface area contributed by atoms with Crippen LogP contribution in [0.2, 0.25) is 0 Å². The lowest BCUT2D eigenvalue weighted by Crippen LogP contribution is -2.28. The Balaban J connectivity index is 1.83. The Morgan fingerprint density at radius 3 is 1.63 bits per heavy atom. The lowest BCUT2D eigenvalue weighted by molar-refractivity contribution is -0.131. The molecule has 30 heavy (non-hydrogen) atoms. The molecule has 0 fully saturated rings. The first-order valence-corrected chi connectivity index (χ1v) is 10.2. The minimum absolute atomic E-state index is 0.312. The number of hydrogen-bond acceptors (Lipinski definition) is 2. The molecule has 4 aromatic carbocycles. The monoisotopic (exact) mass is 390 g/mol. The first-order chi connectivity index (χ1) is 14.6. The largest absolute Gasteiger partial charge is 0.427 e. The molecule has 146 valence electrons. The molecule has 0 atom stereocenters. The Labute approximate surface area is 176 Å². The van der Waals surface area contributed by atoms with Crippen molar-refractivity contribution in [2.24, 2.45) is 0 Å². The van der Waals surface area contributed by atoms with Gasteiger partial charge in [-0.25, -0.2) is 0 Å². The summed E-state index contributed by atoms with van der Waals surface area (Å²) in [6, 6.07) is 34.0. The van der Waals surface area contributed by atoms with Crippen molar-refractivity contribution < 1.29 is 9.53 Å². The Morgan fingerprint density at radius 2 is 1.13 bits per heavy atom. The Hall–Kier alpha value is -3.65. The van der Waals surface area contributed by atoms with E-state index in [1.165, 1.54) is 40.3 Å². The van der Waals surface area contributed by atoms with Gasteiger partial charge in [-0.1, -0.05) is 90.5 Å². The van der Waals surface area contributed by atoms with Crippen LogP contribution < -0.4 is 4.74 Å². The van der Waals surface area contributed by atoms with Gasteiger partial charge in [0.2, 0.25) is 0 Å². The molecule has 2 heteroatoms. The fraction of sp³-hybridized carbons (Fsp3) is 0.107. The lowest BCUT2D eigenvalue weighted by atomic mass is 9.67. The number of fused-ring (bicyclic) bond motifs is 3. The summed E-state index contributed by atoms with van der Waals surface area (Å²) in [5, 5.41) is 0. The molecular formula is C28H22O2. The molecule has 1 aliphatic carbocycles. The van der Waals surface area contributed by atoms with E-state index in [-0.39, 0.29) is 5.97 Å². The second-order valence-electron chi connectivity index (χ2n) is 7.83. The molecule has 0 amide bonds. The van der Waals surface area contributed by atoms with Gasteiger partial charge in [0.15, 0.2) is 0 Å². The number of rotatable bonds is 3. The Bertz CT molecular complexity index is 1190. The van der Waals surface area contributed by atoms with E-state index < -0.39 is 5.41 Å². The molecule has 0 N–H and O–H groups in total. The number of ether oxygens (including phenoxy) is 1. The zero-order valence-electron chi connectivity index (χ0n) is 17.1. The maximum absolute atomic E-state index is 11.4. The SMILES string of the molecule is CC(=O)Oc1ccc(C2(c3ccc(C)cc3)c3ccccc3-c3ccccc32)cc1. The van der Waals surface area contributed by atoms with Crippen LogP contribution in [0.15, 0.2) is 97.1 Å². The Kier molecular flexibility index (Phi) is 4.29. The average Bonchev–Trinajstić information content (AvgIpc) is 3.06. The van der Waals surface area contributed by atoms with Crippen molar-refractivity contribution >= 4 is 5.97 Å². The van der Waals surface area contributed by atoms with Crippen molar-refractivity contribution in [2.75, 3.05) is 0 Å². The average molecular weight is 390 g/mol. The van der Waals surface area contributed by atoms with Gasteiger partial charge >= 0.3 is 5.97 Å². The highest BCUT2D eigenvalue weighted by Crippen LogP contribution is 2.55. The van der Waals surface area contributed by atoms with Crippen molar-refractivity contribution in [1.29, 1.82) is 0 Å². The van der Waals surface area contributed by atoms with Crippen LogP contribution in [0.25, 0.3) is 11.1 Å². The number of esters is 1. The van der Waals surface area contributed by atoms with E-state index in [2.05, 4.69) is 91.9 Å². The molecule has 0 aliphatic heterocycles. The first kappa shape index (κ1) is 18.4. The van der Waals surface area contributed by atoms with Crippen LogP contribution in [0, 0.1) is 6.92 Å². The second-order valence-corrected chi connectivity index (χ2v) is 7.83. The van der Waals surface area contributed by atoms with Gasteiger partial charge in [0.05, 0.1) is 5.41 Å². The molecular weight excluding hydrogens is 368 g/mol. The van der Waals surface area contributed by atoms with Crippen LogP contribution in [0.4, 0.5) is 0 Å². The minimum atomic E-state index is -0.421. The van der Waals surface area contributed by atoms with E-state index in [9.17, 15) is 4.79 Å². The summed E-state index contributed by atoms with van der Waals surface area (Å²) in [6.07, 6.45) is 0. The van der Waals surface area contributed by atoms with E-state index in [0.29, 0.717) is 5.75 Å². The number of carbonyl (C=O) groups is 1. The highest BCUT2D eigenvalue weighted by Gasteiger charge is 2.45. The summed E-state index contributed by atoms with van der Waals surface area (Å²) in [5.74, 6) is 0.248. The Morgan fingerprint density at radius 1 is 0.667 bits per heavy atom. The fourth-order valence-corrected chi connectivity index (χ4v) is 4.77. The summed E-state index contributed by atoms with van der Waals surface area (Å²) in [5.41, 5.74) is 8.26. The van der Waals surface area contributed by atoms with Crippen molar-refractivity contribution in [1.82, 2.24) is 0 Å². The molecule has 0 spiro atoms. The molecule has 5 rings (SSSR count). The van der Waals surface area contributed by atoms with Crippen LogP contribution in [-0.4, -0.2) is 5.97 Å². The molecule has 0 radical (unpaired) electrons. The van der Waals surface area contributed by atoms with Gasteiger partial charge in [0.1, 0.15) is 5.75 Å². The molecule has 0 heterocycles.